The number of rotatable bonds is 3. The number of nitrogens with zero attached hydrogens (tertiary/aromatic N) is 2. The second-order valence-electron chi connectivity index (χ2n) is 7.20. The summed E-state index contributed by atoms with van der Waals surface area (Å²) >= 11 is 0. The first-order chi connectivity index (χ1) is 13.4. The summed E-state index contributed by atoms with van der Waals surface area (Å²) in [6.45, 7) is 1.10. The Kier molecular flexibility index (Phi) is 5.59. The first-order valence-electron chi connectivity index (χ1n) is 8.94. The van der Waals surface area contributed by atoms with E-state index in [-0.39, 0.29) is 24.1 Å². The number of benzene rings is 1. The Morgan fingerprint density at radius 3 is 2.34 bits per heavy atom. The molecule has 11 heteroatoms. The van der Waals surface area contributed by atoms with Crippen molar-refractivity contribution in [2.24, 2.45) is 5.92 Å². The number of piperidine rings is 1. The fourth-order valence-corrected chi connectivity index (χ4v) is 3.51. The first kappa shape index (κ1) is 21.1. The van der Waals surface area contributed by atoms with Crippen molar-refractivity contribution in [3.05, 3.63) is 24.3 Å². The largest absolute Gasteiger partial charge is 0.573 e. The summed E-state index contributed by atoms with van der Waals surface area (Å²) in [6, 6.07) is 3.17. The highest BCUT2D eigenvalue weighted by Crippen LogP contribution is 2.33. The zero-order valence-electron chi connectivity index (χ0n) is 15.4. The summed E-state index contributed by atoms with van der Waals surface area (Å²) in [5.74, 6) is -4.30. The maximum Gasteiger partial charge on any atom is 0.573 e. The van der Waals surface area contributed by atoms with Gasteiger partial charge in [-0.2, -0.15) is 0 Å². The molecule has 0 N–H and O–H groups in total. The molecule has 0 aromatic heterocycles. The molecule has 0 saturated carbocycles. The van der Waals surface area contributed by atoms with Crippen LogP contribution in [-0.2, 0) is 4.79 Å². The Hall–Kier alpha value is -2.59. The van der Waals surface area contributed by atoms with Crippen molar-refractivity contribution in [3.8, 4) is 11.5 Å². The third-order valence-electron chi connectivity index (χ3n) is 4.86. The van der Waals surface area contributed by atoms with Crippen molar-refractivity contribution in [2.45, 2.75) is 38.1 Å². The summed E-state index contributed by atoms with van der Waals surface area (Å²) in [5.41, 5.74) is 0. The lowest BCUT2D eigenvalue weighted by atomic mass is 10.0. The van der Waals surface area contributed by atoms with Gasteiger partial charge in [-0.05, 0) is 30.7 Å². The topological polar surface area (TPSA) is 59.1 Å². The molecule has 2 fully saturated rings. The van der Waals surface area contributed by atoms with Gasteiger partial charge in [-0.25, -0.2) is 13.6 Å². The van der Waals surface area contributed by atoms with Crippen molar-refractivity contribution in [2.75, 3.05) is 19.6 Å². The molecule has 2 saturated heterocycles. The van der Waals surface area contributed by atoms with Crippen molar-refractivity contribution in [3.63, 3.8) is 0 Å². The van der Waals surface area contributed by atoms with Gasteiger partial charge in [-0.1, -0.05) is 6.92 Å². The average molecular weight is 422 g/mol. The van der Waals surface area contributed by atoms with Gasteiger partial charge in [0.25, 0.3) is 5.92 Å². The van der Waals surface area contributed by atoms with Crippen LogP contribution < -0.4 is 9.47 Å². The van der Waals surface area contributed by atoms with Crippen LogP contribution >= 0.6 is 0 Å². The van der Waals surface area contributed by atoms with Gasteiger partial charge in [0.2, 0.25) is 5.91 Å². The lowest BCUT2D eigenvalue weighted by Crippen LogP contribution is -2.57. The number of halogens is 5. The van der Waals surface area contributed by atoms with E-state index < -0.39 is 43.1 Å². The molecule has 1 aromatic rings. The molecule has 2 heterocycles. The van der Waals surface area contributed by atoms with E-state index in [1.54, 1.807) is 6.92 Å². The Bertz CT molecular complexity index is 769. The molecule has 2 amide bonds. The van der Waals surface area contributed by atoms with E-state index in [9.17, 15) is 31.5 Å². The van der Waals surface area contributed by atoms with Crippen LogP contribution in [-0.4, -0.2) is 59.8 Å². The van der Waals surface area contributed by atoms with Crippen LogP contribution in [0.2, 0.25) is 0 Å². The fourth-order valence-electron chi connectivity index (χ4n) is 3.51. The molecule has 29 heavy (non-hydrogen) atoms. The van der Waals surface area contributed by atoms with Gasteiger partial charge in [0.1, 0.15) is 11.5 Å². The quantitative estimate of drug-likeness (QED) is 0.698. The monoisotopic (exact) mass is 422 g/mol. The minimum absolute atomic E-state index is 0.109. The molecule has 2 aliphatic rings. The number of amides is 2. The zero-order chi connectivity index (χ0) is 21.4. The third kappa shape index (κ3) is 5.27. The second kappa shape index (κ2) is 7.68. The predicted molar refractivity (Wildman–Crippen MR) is 89.6 cm³/mol. The van der Waals surface area contributed by atoms with Gasteiger partial charge >= 0.3 is 12.5 Å². The molecule has 1 unspecified atom stereocenters. The fraction of sp³-hybridized carbons (Fsp3) is 0.556. The van der Waals surface area contributed by atoms with Gasteiger partial charge in [0.15, 0.2) is 0 Å². The molecular formula is C18H19F5N2O4. The van der Waals surface area contributed by atoms with Crippen LogP contribution in [0, 0.1) is 5.92 Å². The van der Waals surface area contributed by atoms with Gasteiger partial charge in [0, 0.05) is 25.4 Å². The molecule has 160 valence electrons. The normalized spacial score (nSPS) is 24.6. The van der Waals surface area contributed by atoms with Gasteiger partial charge in [-0.3, -0.25) is 9.69 Å². The lowest BCUT2D eigenvalue weighted by Gasteiger charge is -2.40. The molecule has 0 radical (unpaired) electrons. The molecular weight excluding hydrogens is 403 g/mol. The Labute approximate surface area is 163 Å². The SMILES string of the molecule is CC1CCN([C@H]2CN(C(=O)Oc3ccc(OC(F)(F)F)cc3)CC(F)(F)C2)C1=O. The van der Waals surface area contributed by atoms with Crippen LogP contribution in [0.1, 0.15) is 19.8 Å². The van der Waals surface area contributed by atoms with Crippen molar-refractivity contribution < 1.29 is 41.0 Å². The highest BCUT2D eigenvalue weighted by Gasteiger charge is 2.47. The summed E-state index contributed by atoms with van der Waals surface area (Å²) in [7, 11) is 0. The molecule has 2 atom stereocenters. The number of hydrogen-bond donors (Lipinski definition) is 0. The Morgan fingerprint density at radius 1 is 1.17 bits per heavy atom. The minimum Gasteiger partial charge on any atom is -0.410 e. The van der Waals surface area contributed by atoms with Crippen LogP contribution in [0.3, 0.4) is 0 Å². The maximum absolute atomic E-state index is 14.2. The molecule has 0 spiro atoms. The number of ether oxygens (including phenoxy) is 2. The highest BCUT2D eigenvalue weighted by molar-refractivity contribution is 5.81. The highest BCUT2D eigenvalue weighted by atomic mass is 19.4. The van der Waals surface area contributed by atoms with Gasteiger partial charge < -0.3 is 14.4 Å². The number of carbonyl (C=O) groups is 2. The molecule has 6 nitrogen and oxygen atoms in total. The first-order valence-corrected chi connectivity index (χ1v) is 8.94. The van der Waals surface area contributed by atoms with Crippen LogP contribution in [0.15, 0.2) is 24.3 Å². The number of carbonyl (C=O) groups excluding carboxylic acids is 2. The summed E-state index contributed by atoms with van der Waals surface area (Å²) < 4.78 is 73.6. The molecule has 0 aliphatic carbocycles. The smallest absolute Gasteiger partial charge is 0.410 e. The van der Waals surface area contributed by atoms with Crippen LogP contribution in [0.25, 0.3) is 0 Å². The Balaban J connectivity index is 1.65. The van der Waals surface area contributed by atoms with E-state index in [0.717, 1.165) is 29.2 Å². The number of hydrogen-bond acceptors (Lipinski definition) is 4. The zero-order valence-corrected chi connectivity index (χ0v) is 15.4. The van der Waals surface area contributed by atoms with Crippen molar-refractivity contribution in [1.82, 2.24) is 9.80 Å². The summed E-state index contributed by atoms with van der Waals surface area (Å²) in [4.78, 5) is 26.7. The summed E-state index contributed by atoms with van der Waals surface area (Å²) in [6.07, 6.45) is -5.91. The number of likely N-dealkylation sites (tertiary alicyclic amines) is 2. The van der Waals surface area contributed by atoms with E-state index in [2.05, 4.69) is 4.74 Å². The molecule has 0 bridgehead atoms. The second-order valence-corrected chi connectivity index (χ2v) is 7.20. The van der Waals surface area contributed by atoms with E-state index in [4.69, 9.17) is 4.74 Å². The maximum atomic E-state index is 14.2. The molecule has 3 rings (SSSR count). The minimum atomic E-state index is -4.86. The van der Waals surface area contributed by atoms with E-state index in [1.807, 2.05) is 0 Å². The van der Waals surface area contributed by atoms with Crippen molar-refractivity contribution in [1.29, 1.82) is 0 Å². The van der Waals surface area contributed by atoms with Crippen LogP contribution in [0.5, 0.6) is 11.5 Å². The van der Waals surface area contributed by atoms with Crippen molar-refractivity contribution >= 4 is 12.0 Å². The predicted octanol–water partition coefficient (Wildman–Crippen LogP) is 3.66. The third-order valence-corrected chi connectivity index (χ3v) is 4.86. The van der Waals surface area contributed by atoms with Gasteiger partial charge in [0.05, 0.1) is 12.6 Å². The Morgan fingerprint density at radius 2 is 1.79 bits per heavy atom. The van der Waals surface area contributed by atoms with Crippen LogP contribution in [0.4, 0.5) is 26.7 Å². The van der Waals surface area contributed by atoms with E-state index >= 15 is 0 Å². The van der Waals surface area contributed by atoms with Gasteiger partial charge in [-0.15, -0.1) is 13.2 Å². The average Bonchev–Trinajstić information content (AvgIpc) is 2.93. The standard InChI is InChI=1S/C18H19F5N2O4/c1-11-6-7-25(15(11)26)12-8-17(19,20)10-24(9-12)16(27)28-13-2-4-14(5-3-13)29-18(21,22)23/h2-5,11-12H,6-10H2,1H3/t11?,12-/m1/s1. The lowest BCUT2D eigenvalue weighted by molar-refractivity contribution is -0.274. The summed E-state index contributed by atoms with van der Waals surface area (Å²) in [5, 5.41) is 0. The van der Waals surface area contributed by atoms with E-state index in [0.29, 0.717) is 13.0 Å². The molecule has 1 aromatic carbocycles. The number of alkyl halides is 5. The van der Waals surface area contributed by atoms with E-state index in [1.165, 1.54) is 4.90 Å². The molecule has 2 aliphatic heterocycles.